The number of fused-ring (bicyclic) bond motifs is 1. The van der Waals surface area contributed by atoms with Crippen LogP contribution in [0, 0.1) is 27.7 Å². The van der Waals surface area contributed by atoms with Crippen LogP contribution in [0.5, 0.6) is 0 Å². The molecular weight excluding hydrogens is 402 g/mol. The van der Waals surface area contributed by atoms with Gasteiger partial charge in [0.15, 0.2) is 0 Å². The Balaban J connectivity index is 1.48. The van der Waals surface area contributed by atoms with E-state index in [9.17, 15) is 14.4 Å². The Bertz CT molecular complexity index is 1170. The molecular formula is C21H25N5O3S. The first-order chi connectivity index (χ1) is 14.3. The van der Waals surface area contributed by atoms with Gasteiger partial charge in [-0.25, -0.2) is 4.98 Å². The fourth-order valence-corrected chi connectivity index (χ4v) is 4.07. The molecule has 0 spiro atoms. The molecule has 2 amide bonds. The molecule has 0 aliphatic carbocycles. The summed E-state index contributed by atoms with van der Waals surface area (Å²) in [6, 6.07) is 5.90. The lowest BCUT2D eigenvalue weighted by Gasteiger charge is -2.11. The number of carbonyl (C=O) groups is 2. The molecule has 158 valence electrons. The molecule has 3 N–H and O–H groups in total. The number of hydrazine groups is 1. The number of nitrogens with zero attached hydrogens (tertiary/aromatic N) is 2. The van der Waals surface area contributed by atoms with E-state index >= 15 is 0 Å². The van der Waals surface area contributed by atoms with Crippen molar-refractivity contribution < 1.29 is 9.59 Å². The molecule has 1 aromatic carbocycles. The van der Waals surface area contributed by atoms with Crippen LogP contribution < -0.4 is 21.7 Å². The molecule has 30 heavy (non-hydrogen) atoms. The summed E-state index contributed by atoms with van der Waals surface area (Å²) in [6.07, 6.45) is 1.50. The predicted molar refractivity (Wildman–Crippen MR) is 119 cm³/mol. The summed E-state index contributed by atoms with van der Waals surface area (Å²) in [5.41, 5.74) is 8.57. The Morgan fingerprint density at radius 2 is 1.83 bits per heavy atom. The molecule has 0 saturated carbocycles. The molecule has 0 aliphatic rings. The zero-order valence-corrected chi connectivity index (χ0v) is 18.3. The number of thiophene rings is 1. The number of hydrogen-bond donors (Lipinski definition) is 3. The quantitative estimate of drug-likeness (QED) is 0.524. The van der Waals surface area contributed by atoms with Crippen molar-refractivity contribution in [1.29, 1.82) is 0 Å². The van der Waals surface area contributed by atoms with Gasteiger partial charge >= 0.3 is 0 Å². The maximum absolute atomic E-state index is 12.6. The van der Waals surface area contributed by atoms with Crippen molar-refractivity contribution >= 4 is 39.1 Å². The van der Waals surface area contributed by atoms with Crippen molar-refractivity contribution in [3.63, 3.8) is 0 Å². The van der Waals surface area contributed by atoms with E-state index in [1.165, 1.54) is 22.2 Å². The minimum Gasteiger partial charge on any atom is -0.376 e. The minimum atomic E-state index is -0.389. The van der Waals surface area contributed by atoms with Gasteiger partial charge in [-0.3, -0.25) is 29.8 Å². The van der Waals surface area contributed by atoms with Gasteiger partial charge in [-0.2, -0.15) is 0 Å². The summed E-state index contributed by atoms with van der Waals surface area (Å²) in [7, 11) is 0. The zero-order valence-electron chi connectivity index (χ0n) is 17.5. The van der Waals surface area contributed by atoms with Gasteiger partial charge in [0.1, 0.15) is 4.83 Å². The Morgan fingerprint density at radius 1 is 1.10 bits per heavy atom. The Hall–Kier alpha value is -3.20. The van der Waals surface area contributed by atoms with Gasteiger partial charge in [0.2, 0.25) is 5.91 Å². The normalized spacial score (nSPS) is 10.8. The number of aryl methyl sites for hydroxylation is 5. The second kappa shape index (κ2) is 9.08. The number of rotatable bonds is 6. The van der Waals surface area contributed by atoms with E-state index in [0.29, 0.717) is 10.2 Å². The van der Waals surface area contributed by atoms with Gasteiger partial charge in [0.05, 0.1) is 18.3 Å². The molecule has 8 nitrogen and oxygen atoms in total. The average Bonchev–Trinajstić information content (AvgIpc) is 2.99. The summed E-state index contributed by atoms with van der Waals surface area (Å²) in [6.45, 7) is 8.03. The van der Waals surface area contributed by atoms with Crippen molar-refractivity contribution in [2.75, 3.05) is 11.9 Å². The predicted octanol–water partition coefficient (Wildman–Crippen LogP) is 2.34. The fourth-order valence-electron chi connectivity index (χ4n) is 3.08. The van der Waals surface area contributed by atoms with E-state index < -0.39 is 0 Å². The van der Waals surface area contributed by atoms with E-state index in [0.717, 1.165) is 27.3 Å². The molecule has 3 aromatic rings. The standard InChI is InChI=1S/C21H25N5O3S/c1-12-5-6-16(13(2)9-12)22-10-18(28)25-24-17(27)7-8-26-11-23-20-19(21(26)29)14(3)15(4)30-20/h5-6,9,11,22H,7-8,10H2,1-4H3,(H,24,27)(H,25,28). The lowest BCUT2D eigenvalue weighted by Crippen LogP contribution is -2.44. The summed E-state index contributed by atoms with van der Waals surface area (Å²) >= 11 is 1.48. The number of nitrogens with one attached hydrogen (secondary N) is 3. The lowest BCUT2D eigenvalue weighted by atomic mass is 10.1. The summed E-state index contributed by atoms with van der Waals surface area (Å²) in [5.74, 6) is -0.756. The van der Waals surface area contributed by atoms with E-state index in [2.05, 4.69) is 21.2 Å². The first kappa shape index (κ1) is 21.5. The minimum absolute atomic E-state index is 0.0288. The molecule has 9 heteroatoms. The van der Waals surface area contributed by atoms with Gasteiger partial charge in [-0.15, -0.1) is 11.3 Å². The molecule has 0 aliphatic heterocycles. The second-order valence-electron chi connectivity index (χ2n) is 7.22. The third kappa shape index (κ3) is 4.85. The highest BCUT2D eigenvalue weighted by Crippen LogP contribution is 2.25. The molecule has 0 bridgehead atoms. The van der Waals surface area contributed by atoms with Crippen LogP contribution >= 0.6 is 11.3 Å². The van der Waals surface area contributed by atoms with Crippen molar-refractivity contribution in [3.05, 3.63) is 56.4 Å². The number of amides is 2. The summed E-state index contributed by atoms with van der Waals surface area (Å²) in [4.78, 5) is 42.7. The smallest absolute Gasteiger partial charge is 0.262 e. The lowest BCUT2D eigenvalue weighted by molar-refractivity contribution is -0.128. The molecule has 0 atom stereocenters. The summed E-state index contributed by atoms with van der Waals surface area (Å²) in [5, 5.41) is 3.64. The van der Waals surface area contributed by atoms with Crippen LogP contribution in [0.3, 0.4) is 0 Å². The van der Waals surface area contributed by atoms with Crippen molar-refractivity contribution in [3.8, 4) is 0 Å². The number of aromatic nitrogens is 2. The number of carbonyl (C=O) groups excluding carboxylic acids is 2. The van der Waals surface area contributed by atoms with Crippen LogP contribution in [-0.2, 0) is 16.1 Å². The van der Waals surface area contributed by atoms with E-state index in [4.69, 9.17) is 0 Å². The number of benzene rings is 1. The van der Waals surface area contributed by atoms with Gasteiger partial charge < -0.3 is 5.32 Å². The first-order valence-corrected chi connectivity index (χ1v) is 10.4. The molecule has 3 rings (SSSR count). The van der Waals surface area contributed by atoms with Crippen LogP contribution in [-0.4, -0.2) is 27.9 Å². The maximum atomic E-state index is 12.6. The number of anilines is 1. The van der Waals surface area contributed by atoms with Crippen molar-refractivity contribution in [2.24, 2.45) is 0 Å². The molecule has 0 radical (unpaired) electrons. The molecule has 0 fully saturated rings. The van der Waals surface area contributed by atoms with Crippen LogP contribution in [0.25, 0.3) is 10.2 Å². The average molecular weight is 428 g/mol. The molecule has 0 saturated heterocycles. The Kier molecular flexibility index (Phi) is 6.51. The van der Waals surface area contributed by atoms with Crippen molar-refractivity contribution in [1.82, 2.24) is 20.4 Å². The van der Waals surface area contributed by atoms with E-state index in [-0.39, 0.29) is 36.9 Å². The third-order valence-electron chi connectivity index (χ3n) is 4.90. The summed E-state index contributed by atoms with van der Waals surface area (Å²) < 4.78 is 1.42. The van der Waals surface area contributed by atoms with Crippen molar-refractivity contribution in [2.45, 2.75) is 40.7 Å². The van der Waals surface area contributed by atoms with Gasteiger partial charge in [-0.05, 0) is 44.9 Å². The van der Waals surface area contributed by atoms with Gasteiger partial charge in [0, 0.05) is 23.5 Å². The fraction of sp³-hybridized carbons (Fsp3) is 0.333. The molecule has 0 unspecified atom stereocenters. The van der Waals surface area contributed by atoms with E-state index in [1.807, 2.05) is 45.9 Å². The highest BCUT2D eigenvalue weighted by atomic mass is 32.1. The Morgan fingerprint density at radius 3 is 2.57 bits per heavy atom. The van der Waals surface area contributed by atoms with Crippen LogP contribution in [0.1, 0.15) is 28.0 Å². The largest absolute Gasteiger partial charge is 0.376 e. The molecule has 2 heterocycles. The maximum Gasteiger partial charge on any atom is 0.262 e. The topological polar surface area (TPSA) is 105 Å². The van der Waals surface area contributed by atoms with Crippen LogP contribution in [0.2, 0.25) is 0 Å². The van der Waals surface area contributed by atoms with E-state index in [1.54, 1.807) is 0 Å². The monoisotopic (exact) mass is 427 g/mol. The highest BCUT2D eigenvalue weighted by molar-refractivity contribution is 7.18. The Labute approximate surface area is 178 Å². The zero-order chi connectivity index (χ0) is 21.8. The van der Waals surface area contributed by atoms with Crippen LogP contribution in [0.4, 0.5) is 5.69 Å². The van der Waals surface area contributed by atoms with Gasteiger partial charge in [-0.1, -0.05) is 17.7 Å². The first-order valence-electron chi connectivity index (χ1n) is 9.60. The SMILES string of the molecule is Cc1ccc(NCC(=O)NNC(=O)CCn2cnc3sc(C)c(C)c3c2=O)c(C)c1. The number of hydrogen-bond acceptors (Lipinski definition) is 6. The third-order valence-corrected chi connectivity index (χ3v) is 6.01. The molecule has 2 aromatic heterocycles. The highest BCUT2D eigenvalue weighted by Gasteiger charge is 2.13. The van der Waals surface area contributed by atoms with Gasteiger partial charge in [0.25, 0.3) is 11.5 Å². The second-order valence-corrected chi connectivity index (χ2v) is 8.43. The van der Waals surface area contributed by atoms with Crippen LogP contribution in [0.15, 0.2) is 29.3 Å².